The predicted molar refractivity (Wildman–Crippen MR) is 78.2 cm³/mol. The SMILES string of the molecule is CC1CCC(CCl)(NC(=O)C2CC3CCC2C3)CC1. The highest BCUT2D eigenvalue weighted by molar-refractivity contribution is 6.18. The van der Waals surface area contributed by atoms with Crippen LogP contribution >= 0.6 is 11.6 Å². The lowest BCUT2D eigenvalue weighted by Crippen LogP contribution is -2.54. The van der Waals surface area contributed by atoms with Crippen molar-refractivity contribution in [3.05, 3.63) is 0 Å². The van der Waals surface area contributed by atoms with E-state index >= 15 is 0 Å². The van der Waals surface area contributed by atoms with Gasteiger partial charge >= 0.3 is 0 Å². The molecule has 3 unspecified atom stereocenters. The average Bonchev–Trinajstić information content (AvgIpc) is 3.04. The molecule has 3 atom stereocenters. The molecule has 3 aliphatic rings. The molecular formula is C16H26ClNO. The lowest BCUT2D eigenvalue weighted by molar-refractivity contribution is -0.128. The molecule has 2 nitrogen and oxygen atoms in total. The van der Waals surface area contributed by atoms with Gasteiger partial charge in [-0.3, -0.25) is 4.79 Å². The van der Waals surface area contributed by atoms with E-state index < -0.39 is 0 Å². The van der Waals surface area contributed by atoms with Crippen LogP contribution < -0.4 is 5.32 Å². The highest BCUT2D eigenvalue weighted by atomic mass is 35.5. The quantitative estimate of drug-likeness (QED) is 0.786. The van der Waals surface area contributed by atoms with Crippen molar-refractivity contribution in [1.82, 2.24) is 5.32 Å². The fraction of sp³-hybridized carbons (Fsp3) is 0.938. The Morgan fingerprint density at radius 1 is 1.21 bits per heavy atom. The number of carbonyl (C=O) groups excluding carboxylic acids is 1. The molecule has 0 radical (unpaired) electrons. The second-order valence-electron chi connectivity index (χ2n) is 7.37. The van der Waals surface area contributed by atoms with E-state index in [-0.39, 0.29) is 11.5 Å². The van der Waals surface area contributed by atoms with Gasteiger partial charge in [-0.25, -0.2) is 0 Å². The Kier molecular flexibility index (Phi) is 3.81. The third kappa shape index (κ3) is 2.66. The molecule has 0 aliphatic heterocycles. The Hall–Kier alpha value is -0.240. The summed E-state index contributed by atoms with van der Waals surface area (Å²) < 4.78 is 0. The van der Waals surface area contributed by atoms with E-state index in [9.17, 15) is 4.79 Å². The number of halogens is 1. The molecule has 0 saturated heterocycles. The van der Waals surface area contributed by atoms with Gasteiger partial charge in [0.25, 0.3) is 0 Å². The Morgan fingerprint density at radius 2 is 1.95 bits per heavy atom. The lowest BCUT2D eigenvalue weighted by atomic mass is 9.77. The number of hydrogen-bond acceptors (Lipinski definition) is 1. The first-order valence-corrected chi connectivity index (χ1v) is 8.53. The molecule has 0 heterocycles. The predicted octanol–water partition coefficient (Wildman–Crippen LogP) is 3.73. The summed E-state index contributed by atoms with van der Waals surface area (Å²) in [6, 6.07) is 0. The summed E-state index contributed by atoms with van der Waals surface area (Å²) in [5.74, 6) is 3.46. The summed E-state index contributed by atoms with van der Waals surface area (Å²) in [5, 5.41) is 3.36. The van der Waals surface area contributed by atoms with Crippen LogP contribution in [0, 0.1) is 23.7 Å². The average molecular weight is 284 g/mol. The molecular weight excluding hydrogens is 258 g/mol. The van der Waals surface area contributed by atoms with Gasteiger partial charge in [0.2, 0.25) is 5.91 Å². The zero-order valence-corrected chi connectivity index (χ0v) is 12.7. The molecule has 3 rings (SSSR count). The van der Waals surface area contributed by atoms with Crippen molar-refractivity contribution in [3.8, 4) is 0 Å². The second kappa shape index (κ2) is 5.27. The maximum atomic E-state index is 12.6. The van der Waals surface area contributed by atoms with Gasteiger partial charge in [-0.15, -0.1) is 11.6 Å². The summed E-state index contributed by atoms with van der Waals surface area (Å²) in [4.78, 5) is 12.6. The first kappa shape index (κ1) is 13.7. The number of rotatable bonds is 3. The normalized spacial score (nSPS) is 45.4. The van der Waals surface area contributed by atoms with Crippen LogP contribution in [0.2, 0.25) is 0 Å². The number of carbonyl (C=O) groups is 1. The Bertz CT molecular complexity index is 349. The van der Waals surface area contributed by atoms with E-state index in [1.165, 1.54) is 32.1 Å². The highest BCUT2D eigenvalue weighted by Gasteiger charge is 2.45. The summed E-state index contributed by atoms with van der Waals surface area (Å²) in [5.41, 5.74) is -0.104. The van der Waals surface area contributed by atoms with Crippen LogP contribution in [-0.2, 0) is 4.79 Å². The Balaban J connectivity index is 1.61. The van der Waals surface area contributed by atoms with Gasteiger partial charge in [-0.2, -0.15) is 0 Å². The monoisotopic (exact) mass is 283 g/mol. The zero-order valence-electron chi connectivity index (χ0n) is 12.0. The van der Waals surface area contributed by atoms with Crippen molar-refractivity contribution in [3.63, 3.8) is 0 Å². The molecule has 3 aliphatic carbocycles. The molecule has 0 aromatic heterocycles. The van der Waals surface area contributed by atoms with Crippen LogP contribution in [0.25, 0.3) is 0 Å². The second-order valence-corrected chi connectivity index (χ2v) is 7.63. The van der Waals surface area contributed by atoms with Crippen LogP contribution in [0.15, 0.2) is 0 Å². The summed E-state index contributed by atoms with van der Waals surface area (Å²) >= 11 is 6.20. The summed E-state index contributed by atoms with van der Waals surface area (Å²) in [6.45, 7) is 2.30. The van der Waals surface area contributed by atoms with Gasteiger partial charge in [0.1, 0.15) is 0 Å². The topological polar surface area (TPSA) is 29.1 Å². The molecule has 1 amide bonds. The van der Waals surface area contributed by atoms with Crippen molar-refractivity contribution >= 4 is 17.5 Å². The molecule has 3 heteroatoms. The van der Waals surface area contributed by atoms with Crippen molar-refractivity contribution < 1.29 is 4.79 Å². The maximum absolute atomic E-state index is 12.6. The fourth-order valence-corrected chi connectivity index (χ4v) is 4.86. The minimum atomic E-state index is -0.104. The maximum Gasteiger partial charge on any atom is 0.223 e. The van der Waals surface area contributed by atoms with Gasteiger partial charge < -0.3 is 5.32 Å². The van der Waals surface area contributed by atoms with Crippen molar-refractivity contribution in [2.24, 2.45) is 23.7 Å². The van der Waals surface area contributed by atoms with Gasteiger partial charge in [0.05, 0.1) is 5.54 Å². The lowest BCUT2D eigenvalue weighted by Gasteiger charge is -2.40. The smallest absolute Gasteiger partial charge is 0.223 e. The van der Waals surface area contributed by atoms with Crippen molar-refractivity contribution in [1.29, 1.82) is 0 Å². The minimum absolute atomic E-state index is 0.104. The highest BCUT2D eigenvalue weighted by Crippen LogP contribution is 2.48. The van der Waals surface area contributed by atoms with Gasteiger partial charge in [0, 0.05) is 11.8 Å². The van der Waals surface area contributed by atoms with E-state index in [1.807, 2.05) is 0 Å². The van der Waals surface area contributed by atoms with Crippen LogP contribution in [0.1, 0.15) is 58.3 Å². The number of amides is 1. The van der Waals surface area contributed by atoms with E-state index in [0.717, 1.165) is 31.1 Å². The van der Waals surface area contributed by atoms with Crippen LogP contribution in [0.5, 0.6) is 0 Å². The van der Waals surface area contributed by atoms with E-state index in [0.29, 0.717) is 17.7 Å². The molecule has 19 heavy (non-hydrogen) atoms. The molecule has 1 N–H and O–H groups in total. The largest absolute Gasteiger partial charge is 0.349 e. The molecule has 108 valence electrons. The molecule has 0 aromatic rings. The van der Waals surface area contributed by atoms with Crippen LogP contribution in [-0.4, -0.2) is 17.3 Å². The Morgan fingerprint density at radius 3 is 2.47 bits per heavy atom. The third-order valence-corrected chi connectivity index (χ3v) is 6.46. The van der Waals surface area contributed by atoms with Gasteiger partial charge in [0.15, 0.2) is 0 Å². The van der Waals surface area contributed by atoms with Gasteiger partial charge in [-0.05, 0) is 62.7 Å². The molecule has 3 saturated carbocycles. The number of nitrogens with one attached hydrogen (secondary N) is 1. The molecule has 0 spiro atoms. The van der Waals surface area contributed by atoms with Crippen LogP contribution in [0.3, 0.4) is 0 Å². The standard InChI is InChI=1S/C16H26ClNO/c1-11-4-6-16(10-17,7-5-11)18-15(19)14-9-12-2-3-13(14)8-12/h11-14H,2-10H2,1H3,(H,18,19). The van der Waals surface area contributed by atoms with E-state index in [4.69, 9.17) is 11.6 Å². The van der Waals surface area contributed by atoms with E-state index in [1.54, 1.807) is 0 Å². The first-order valence-electron chi connectivity index (χ1n) is 8.00. The number of fused-ring (bicyclic) bond motifs is 2. The fourth-order valence-electron chi connectivity index (χ4n) is 4.53. The Labute approximate surface area is 121 Å². The summed E-state index contributed by atoms with van der Waals surface area (Å²) in [7, 11) is 0. The number of hydrogen-bond donors (Lipinski definition) is 1. The van der Waals surface area contributed by atoms with E-state index in [2.05, 4.69) is 12.2 Å². The molecule has 2 bridgehead atoms. The molecule has 3 fully saturated rings. The molecule has 0 aromatic carbocycles. The van der Waals surface area contributed by atoms with Crippen LogP contribution in [0.4, 0.5) is 0 Å². The summed E-state index contributed by atoms with van der Waals surface area (Å²) in [6.07, 6.45) is 9.57. The first-order chi connectivity index (χ1) is 9.12. The van der Waals surface area contributed by atoms with Crippen molar-refractivity contribution in [2.75, 3.05) is 5.88 Å². The zero-order chi connectivity index (χ0) is 13.5. The third-order valence-electron chi connectivity index (χ3n) is 5.95. The van der Waals surface area contributed by atoms with Crippen molar-refractivity contribution in [2.45, 2.75) is 63.8 Å². The van der Waals surface area contributed by atoms with Gasteiger partial charge in [-0.1, -0.05) is 13.3 Å². The minimum Gasteiger partial charge on any atom is -0.349 e. The number of alkyl halides is 1.